The summed E-state index contributed by atoms with van der Waals surface area (Å²) in [7, 11) is 1.61. The van der Waals surface area contributed by atoms with Crippen molar-refractivity contribution in [2.24, 2.45) is 5.10 Å². The second kappa shape index (κ2) is 7.00. The number of hydrogen-bond acceptors (Lipinski definition) is 6. The van der Waals surface area contributed by atoms with Gasteiger partial charge in [-0.3, -0.25) is 4.79 Å². The molecule has 0 bridgehead atoms. The molecule has 0 aromatic heterocycles. The molecule has 0 N–H and O–H groups in total. The summed E-state index contributed by atoms with van der Waals surface area (Å²) in [6, 6.07) is 19.5. The molecule has 0 unspecified atom stereocenters. The normalized spacial score (nSPS) is 19.3. The molecule has 2 heterocycles. The Morgan fingerprint density at radius 1 is 1.07 bits per heavy atom. The minimum Gasteiger partial charge on any atom is -0.497 e. The van der Waals surface area contributed by atoms with Gasteiger partial charge in [0.1, 0.15) is 18.0 Å². The molecule has 4 rings (SSSR count). The third kappa shape index (κ3) is 3.06. The van der Waals surface area contributed by atoms with Crippen LogP contribution in [0.4, 0.5) is 11.4 Å². The maximum Gasteiger partial charge on any atom is 0.287 e. The summed E-state index contributed by atoms with van der Waals surface area (Å²) in [6.45, 7) is 1.84. The first-order chi connectivity index (χ1) is 13.2. The third-order valence-electron chi connectivity index (χ3n) is 4.87. The van der Waals surface area contributed by atoms with Crippen LogP contribution in [0, 0.1) is 11.3 Å². The summed E-state index contributed by atoms with van der Waals surface area (Å²) in [4.78, 5) is 16.6. The van der Waals surface area contributed by atoms with Gasteiger partial charge in [0.15, 0.2) is 0 Å². The lowest BCUT2D eigenvalue weighted by molar-refractivity contribution is -0.127. The highest BCUT2D eigenvalue weighted by molar-refractivity contribution is 6.45. The number of ether oxygens (including phenoxy) is 1. The number of hydrogen-bond donors (Lipinski definition) is 0. The molecule has 1 amide bonds. The number of amides is 1. The van der Waals surface area contributed by atoms with Crippen LogP contribution in [-0.4, -0.2) is 49.4 Å². The first-order valence-electron chi connectivity index (χ1n) is 8.74. The van der Waals surface area contributed by atoms with E-state index in [9.17, 15) is 10.1 Å². The summed E-state index contributed by atoms with van der Waals surface area (Å²) < 4.78 is 5.22. The van der Waals surface area contributed by atoms with Crippen molar-refractivity contribution >= 4 is 23.0 Å². The molecule has 0 spiro atoms. The molecule has 2 aliphatic rings. The van der Waals surface area contributed by atoms with Crippen LogP contribution in [0.5, 0.6) is 5.75 Å². The van der Waals surface area contributed by atoms with E-state index in [-0.39, 0.29) is 17.8 Å². The van der Waals surface area contributed by atoms with E-state index in [2.05, 4.69) is 22.1 Å². The summed E-state index contributed by atoms with van der Waals surface area (Å²) in [5.74, 6) is 0.433. The Labute approximate surface area is 157 Å². The zero-order chi connectivity index (χ0) is 18.8. The van der Waals surface area contributed by atoms with Crippen LogP contribution in [0.25, 0.3) is 0 Å². The molecule has 27 heavy (non-hydrogen) atoms. The maximum absolute atomic E-state index is 12.6. The fourth-order valence-corrected chi connectivity index (χ4v) is 3.47. The van der Waals surface area contributed by atoms with Gasteiger partial charge >= 0.3 is 0 Å². The first kappa shape index (κ1) is 16.9. The molecule has 2 aromatic carbocycles. The average molecular weight is 361 g/mol. The number of carbonyl (C=O) groups is 1. The van der Waals surface area contributed by atoms with E-state index in [0.717, 1.165) is 17.1 Å². The Morgan fingerprint density at radius 3 is 2.48 bits per heavy atom. The number of para-hydroxylation sites is 1. The number of anilines is 2. The van der Waals surface area contributed by atoms with Crippen LogP contribution < -0.4 is 14.6 Å². The zero-order valence-corrected chi connectivity index (χ0v) is 14.9. The Kier molecular flexibility index (Phi) is 4.38. The Balaban J connectivity index is 1.69. The fraction of sp³-hybridized carbons (Fsp3) is 0.250. The van der Waals surface area contributed by atoms with Gasteiger partial charge in [0, 0.05) is 18.8 Å². The second-order valence-electron chi connectivity index (χ2n) is 6.36. The number of piperazine rings is 1. The SMILES string of the molecule is COc1ccc(N2N=C(C#N)C(=O)N3CCN(c4ccccc4)C[C@H]32)cc1. The number of carbonyl (C=O) groups excluding carboxylic acids is 1. The van der Waals surface area contributed by atoms with E-state index in [0.29, 0.717) is 19.6 Å². The average Bonchev–Trinajstić information content (AvgIpc) is 2.74. The quantitative estimate of drug-likeness (QED) is 0.837. The van der Waals surface area contributed by atoms with E-state index < -0.39 is 0 Å². The third-order valence-corrected chi connectivity index (χ3v) is 4.87. The van der Waals surface area contributed by atoms with Crippen LogP contribution >= 0.6 is 0 Å². The molecule has 0 radical (unpaired) electrons. The number of nitrogens with zero attached hydrogens (tertiary/aromatic N) is 5. The monoisotopic (exact) mass is 361 g/mol. The van der Waals surface area contributed by atoms with E-state index >= 15 is 0 Å². The predicted molar refractivity (Wildman–Crippen MR) is 103 cm³/mol. The molecule has 136 valence electrons. The lowest BCUT2D eigenvalue weighted by atomic mass is 10.1. The summed E-state index contributed by atoms with van der Waals surface area (Å²) in [5.41, 5.74) is 1.82. The van der Waals surface area contributed by atoms with Crippen molar-refractivity contribution in [2.45, 2.75) is 6.17 Å². The van der Waals surface area contributed by atoms with Crippen molar-refractivity contribution in [1.82, 2.24) is 4.90 Å². The molecule has 2 aliphatic heterocycles. The Hall–Kier alpha value is -3.53. The van der Waals surface area contributed by atoms with Gasteiger partial charge in [-0.15, -0.1) is 0 Å². The minimum absolute atomic E-state index is 0.0878. The van der Waals surface area contributed by atoms with Gasteiger partial charge in [0.2, 0.25) is 5.71 Å². The number of hydrazone groups is 1. The molecule has 0 aliphatic carbocycles. The largest absolute Gasteiger partial charge is 0.497 e. The van der Waals surface area contributed by atoms with E-state index in [1.165, 1.54) is 0 Å². The van der Waals surface area contributed by atoms with Crippen molar-refractivity contribution < 1.29 is 9.53 Å². The van der Waals surface area contributed by atoms with Gasteiger partial charge in [0.05, 0.1) is 19.3 Å². The predicted octanol–water partition coefficient (Wildman–Crippen LogP) is 2.07. The number of rotatable bonds is 3. The highest BCUT2D eigenvalue weighted by Gasteiger charge is 2.40. The highest BCUT2D eigenvalue weighted by atomic mass is 16.5. The fourth-order valence-electron chi connectivity index (χ4n) is 3.47. The van der Waals surface area contributed by atoms with Gasteiger partial charge in [-0.2, -0.15) is 10.4 Å². The zero-order valence-electron chi connectivity index (χ0n) is 14.9. The van der Waals surface area contributed by atoms with E-state index in [1.807, 2.05) is 48.5 Å². The van der Waals surface area contributed by atoms with Gasteiger partial charge in [-0.25, -0.2) is 5.01 Å². The Morgan fingerprint density at radius 2 is 1.81 bits per heavy atom. The van der Waals surface area contributed by atoms with Crippen molar-refractivity contribution in [1.29, 1.82) is 5.26 Å². The summed E-state index contributed by atoms with van der Waals surface area (Å²) in [6.07, 6.45) is -0.281. The van der Waals surface area contributed by atoms with Gasteiger partial charge in [-0.05, 0) is 36.4 Å². The molecular formula is C20H19N5O2. The van der Waals surface area contributed by atoms with Crippen LogP contribution in [0.2, 0.25) is 0 Å². The molecular weight excluding hydrogens is 342 g/mol. The Bertz CT molecular complexity index is 904. The molecule has 0 saturated carbocycles. The molecule has 1 fully saturated rings. The molecule has 1 atom stereocenters. The van der Waals surface area contributed by atoms with Gasteiger partial charge in [-0.1, -0.05) is 18.2 Å². The maximum atomic E-state index is 12.6. The van der Waals surface area contributed by atoms with Gasteiger partial charge in [0.25, 0.3) is 5.91 Å². The van der Waals surface area contributed by atoms with Crippen LogP contribution in [0.15, 0.2) is 59.7 Å². The second-order valence-corrected chi connectivity index (χ2v) is 6.36. The summed E-state index contributed by atoms with van der Waals surface area (Å²) >= 11 is 0. The number of nitriles is 1. The van der Waals surface area contributed by atoms with Crippen molar-refractivity contribution in [3.8, 4) is 11.8 Å². The van der Waals surface area contributed by atoms with Crippen molar-refractivity contribution in [3.63, 3.8) is 0 Å². The summed E-state index contributed by atoms with van der Waals surface area (Å²) in [5, 5.41) is 15.5. The van der Waals surface area contributed by atoms with Crippen molar-refractivity contribution in [2.75, 3.05) is 36.7 Å². The number of methoxy groups -OCH3 is 1. The van der Waals surface area contributed by atoms with Gasteiger partial charge < -0.3 is 14.5 Å². The lowest BCUT2D eigenvalue weighted by Crippen LogP contribution is -2.64. The molecule has 7 heteroatoms. The van der Waals surface area contributed by atoms with Crippen molar-refractivity contribution in [3.05, 3.63) is 54.6 Å². The van der Waals surface area contributed by atoms with E-state index in [1.54, 1.807) is 17.0 Å². The molecule has 7 nitrogen and oxygen atoms in total. The van der Waals surface area contributed by atoms with Crippen LogP contribution in [0.3, 0.4) is 0 Å². The lowest BCUT2D eigenvalue weighted by Gasteiger charge is -2.47. The molecule has 1 saturated heterocycles. The van der Waals surface area contributed by atoms with E-state index in [4.69, 9.17) is 4.74 Å². The van der Waals surface area contributed by atoms with Crippen LogP contribution in [-0.2, 0) is 4.79 Å². The molecule has 2 aromatic rings. The van der Waals surface area contributed by atoms with Crippen LogP contribution in [0.1, 0.15) is 0 Å². The topological polar surface area (TPSA) is 72.2 Å². The smallest absolute Gasteiger partial charge is 0.287 e. The number of fused-ring (bicyclic) bond motifs is 1. The number of benzene rings is 2. The minimum atomic E-state index is -0.306. The standard InChI is InChI=1S/C20H19N5O2/c1-27-17-9-7-16(8-10-17)25-19-14-23(15-5-3-2-4-6-15)11-12-24(19)20(26)18(13-21)22-25/h2-10,19H,11-12,14H2,1H3/t19-/m1/s1. The first-order valence-corrected chi connectivity index (χ1v) is 8.74. The highest BCUT2D eigenvalue weighted by Crippen LogP contribution is 2.29.